The Hall–Kier alpha value is -8.40. The Kier molecular flexibility index (Phi) is 7.91. The SMILES string of the molecule is c1ccc(-c2cc(-n3c4ccc(-c5ccc6ccccc6c5)cc4c4cc5c6ccccc6c6cc(-c7cccc8ccccc78)ccc6c5cc43)nc(-c3ccccc3)n2)cc1. The summed E-state index contributed by atoms with van der Waals surface area (Å²) in [7, 11) is 0. The zero-order valence-corrected chi connectivity index (χ0v) is 34.2. The Morgan fingerprint density at radius 2 is 0.841 bits per heavy atom. The molecule has 63 heavy (non-hydrogen) atoms. The summed E-state index contributed by atoms with van der Waals surface area (Å²) >= 11 is 0. The minimum atomic E-state index is 0.688. The molecule has 0 radical (unpaired) electrons. The summed E-state index contributed by atoms with van der Waals surface area (Å²) in [4.78, 5) is 10.6. The van der Waals surface area contributed by atoms with Crippen LogP contribution in [0.1, 0.15) is 0 Å². The fraction of sp³-hybridized carbons (Fsp3) is 0. The Morgan fingerprint density at radius 1 is 0.270 bits per heavy atom. The van der Waals surface area contributed by atoms with Crippen molar-refractivity contribution in [3.8, 4) is 50.7 Å². The molecule has 0 N–H and O–H groups in total. The lowest BCUT2D eigenvalue weighted by molar-refractivity contribution is 1.05. The molecule has 0 amide bonds. The highest BCUT2D eigenvalue weighted by atomic mass is 15.1. The van der Waals surface area contributed by atoms with Crippen LogP contribution < -0.4 is 0 Å². The number of rotatable bonds is 5. The maximum Gasteiger partial charge on any atom is 0.162 e. The van der Waals surface area contributed by atoms with E-state index in [4.69, 9.17) is 9.97 Å². The number of hydrogen-bond acceptors (Lipinski definition) is 2. The van der Waals surface area contributed by atoms with Crippen LogP contribution in [-0.2, 0) is 0 Å². The molecule has 2 aromatic heterocycles. The van der Waals surface area contributed by atoms with Gasteiger partial charge in [-0.1, -0.05) is 182 Å². The van der Waals surface area contributed by atoms with Crippen LogP contribution in [0.15, 0.2) is 224 Å². The molecule has 0 spiro atoms. The lowest BCUT2D eigenvalue weighted by atomic mass is 9.90. The third-order valence-electron chi connectivity index (χ3n) is 12.9. The van der Waals surface area contributed by atoms with Crippen LogP contribution in [0.25, 0.3) is 126 Å². The first-order valence-corrected chi connectivity index (χ1v) is 21.6. The largest absolute Gasteiger partial charge is 0.294 e. The molecule has 3 nitrogen and oxygen atoms in total. The van der Waals surface area contributed by atoms with E-state index in [2.05, 4.69) is 217 Å². The first-order chi connectivity index (χ1) is 31.2. The van der Waals surface area contributed by atoms with E-state index in [1.807, 2.05) is 12.1 Å². The van der Waals surface area contributed by atoms with Gasteiger partial charge in [0.2, 0.25) is 0 Å². The van der Waals surface area contributed by atoms with Crippen molar-refractivity contribution in [1.29, 1.82) is 0 Å². The normalized spacial score (nSPS) is 11.8. The topological polar surface area (TPSA) is 30.7 Å². The van der Waals surface area contributed by atoms with E-state index in [1.54, 1.807) is 0 Å². The summed E-state index contributed by atoms with van der Waals surface area (Å²) in [5, 5.41) is 14.7. The monoisotopic (exact) mass is 799 g/mol. The summed E-state index contributed by atoms with van der Waals surface area (Å²) < 4.78 is 2.36. The van der Waals surface area contributed by atoms with Crippen molar-refractivity contribution in [2.24, 2.45) is 0 Å². The van der Waals surface area contributed by atoms with Crippen molar-refractivity contribution in [2.45, 2.75) is 0 Å². The summed E-state index contributed by atoms with van der Waals surface area (Å²) in [6.45, 7) is 0. The number of fused-ring (bicyclic) bond motifs is 11. The molecule has 13 rings (SSSR count). The molecule has 0 atom stereocenters. The van der Waals surface area contributed by atoms with Crippen LogP contribution in [0, 0.1) is 0 Å². The first-order valence-electron chi connectivity index (χ1n) is 21.6. The van der Waals surface area contributed by atoms with Gasteiger partial charge in [-0.25, -0.2) is 9.97 Å². The predicted octanol–water partition coefficient (Wildman–Crippen LogP) is 16.0. The Morgan fingerprint density at radius 3 is 1.65 bits per heavy atom. The van der Waals surface area contributed by atoms with Crippen molar-refractivity contribution in [3.05, 3.63) is 224 Å². The quantitative estimate of drug-likeness (QED) is 0.162. The Labute approximate surface area is 363 Å². The Balaban J connectivity index is 1.13. The summed E-state index contributed by atoms with van der Waals surface area (Å²) in [6, 6.07) is 81.3. The molecule has 0 saturated carbocycles. The first kappa shape index (κ1) is 35.4. The minimum Gasteiger partial charge on any atom is -0.294 e. The van der Waals surface area contributed by atoms with E-state index in [1.165, 1.54) is 86.9 Å². The second-order valence-corrected chi connectivity index (χ2v) is 16.5. The van der Waals surface area contributed by atoms with Crippen molar-refractivity contribution in [1.82, 2.24) is 14.5 Å². The van der Waals surface area contributed by atoms with Gasteiger partial charge >= 0.3 is 0 Å². The maximum absolute atomic E-state index is 5.40. The van der Waals surface area contributed by atoms with Gasteiger partial charge in [-0.15, -0.1) is 0 Å². The number of nitrogens with zero attached hydrogens (tertiary/aromatic N) is 3. The molecular formula is C60H37N3. The van der Waals surface area contributed by atoms with E-state index in [0.717, 1.165) is 33.7 Å². The standard InChI is InChI=1S/C60H37N3/c1-3-16-40(17-4-1)56-37-59(62-60(61-56)41-18-5-2-6-19-41)63-57-31-29-44(43-27-26-38-14-7-8-20-42(38)32-43)33-54(57)55-35-52-49-24-12-11-23-48(49)51-34-45(28-30-50(51)53(52)36-58(55)63)47-25-13-21-39-15-9-10-22-46(39)47/h1-37H. The second-order valence-electron chi connectivity index (χ2n) is 16.5. The van der Waals surface area contributed by atoms with Crippen molar-refractivity contribution in [3.63, 3.8) is 0 Å². The predicted molar refractivity (Wildman–Crippen MR) is 266 cm³/mol. The van der Waals surface area contributed by atoms with Crippen LogP contribution in [0.3, 0.4) is 0 Å². The molecule has 0 unspecified atom stereocenters. The van der Waals surface area contributed by atoms with E-state index in [9.17, 15) is 0 Å². The van der Waals surface area contributed by atoms with Crippen LogP contribution in [0.5, 0.6) is 0 Å². The highest BCUT2D eigenvalue weighted by Gasteiger charge is 2.20. The molecule has 0 bridgehead atoms. The molecule has 0 fully saturated rings. The van der Waals surface area contributed by atoms with Gasteiger partial charge in [0.05, 0.1) is 16.7 Å². The van der Waals surface area contributed by atoms with E-state index >= 15 is 0 Å². The zero-order chi connectivity index (χ0) is 41.4. The fourth-order valence-corrected chi connectivity index (χ4v) is 9.93. The molecule has 0 aliphatic rings. The van der Waals surface area contributed by atoms with Gasteiger partial charge in [0, 0.05) is 28.0 Å². The van der Waals surface area contributed by atoms with E-state index in [-0.39, 0.29) is 0 Å². The zero-order valence-electron chi connectivity index (χ0n) is 34.2. The third-order valence-corrected chi connectivity index (χ3v) is 12.9. The van der Waals surface area contributed by atoms with Gasteiger partial charge in [-0.2, -0.15) is 0 Å². The molecule has 2 heterocycles. The van der Waals surface area contributed by atoms with Gasteiger partial charge < -0.3 is 0 Å². The molecule has 292 valence electrons. The van der Waals surface area contributed by atoms with Gasteiger partial charge in [0.15, 0.2) is 5.82 Å². The number of hydrogen-bond donors (Lipinski definition) is 0. The maximum atomic E-state index is 5.40. The second kappa shape index (κ2) is 14.1. The van der Waals surface area contributed by atoms with E-state index in [0.29, 0.717) is 5.82 Å². The molecule has 13 aromatic rings. The van der Waals surface area contributed by atoms with Crippen LogP contribution in [-0.4, -0.2) is 14.5 Å². The van der Waals surface area contributed by atoms with Crippen LogP contribution >= 0.6 is 0 Å². The van der Waals surface area contributed by atoms with Crippen molar-refractivity contribution < 1.29 is 0 Å². The van der Waals surface area contributed by atoms with Gasteiger partial charge in [0.1, 0.15) is 5.82 Å². The lowest BCUT2D eigenvalue weighted by Crippen LogP contribution is -2.02. The smallest absolute Gasteiger partial charge is 0.162 e. The lowest BCUT2D eigenvalue weighted by Gasteiger charge is -2.15. The molecular weight excluding hydrogens is 763 g/mol. The summed E-state index contributed by atoms with van der Waals surface area (Å²) in [5.74, 6) is 1.51. The molecule has 0 aliphatic carbocycles. The average Bonchev–Trinajstić information content (AvgIpc) is 3.68. The summed E-state index contributed by atoms with van der Waals surface area (Å²) in [6.07, 6.45) is 0. The molecule has 3 heteroatoms. The van der Waals surface area contributed by atoms with Crippen molar-refractivity contribution in [2.75, 3.05) is 0 Å². The fourth-order valence-electron chi connectivity index (χ4n) is 9.93. The van der Waals surface area contributed by atoms with Crippen molar-refractivity contribution >= 4 is 75.7 Å². The van der Waals surface area contributed by atoms with E-state index < -0.39 is 0 Å². The summed E-state index contributed by atoms with van der Waals surface area (Å²) in [5.41, 5.74) is 9.90. The Bertz CT molecular complexity index is 3900. The third kappa shape index (κ3) is 5.75. The van der Waals surface area contributed by atoms with Gasteiger partial charge in [-0.05, 0) is 113 Å². The molecule has 0 aliphatic heterocycles. The average molecular weight is 800 g/mol. The number of aromatic nitrogens is 3. The highest BCUT2D eigenvalue weighted by molar-refractivity contribution is 6.29. The molecule has 0 saturated heterocycles. The molecule has 11 aromatic carbocycles. The minimum absolute atomic E-state index is 0.688. The van der Waals surface area contributed by atoms with Crippen LogP contribution in [0.2, 0.25) is 0 Å². The van der Waals surface area contributed by atoms with Crippen LogP contribution in [0.4, 0.5) is 0 Å². The highest BCUT2D eigenvalue weighted by Crippen LogP contribution is 2.43. The number of benzene rings is 11. The van der Waals surface area contributed by atoms with Gasteiger partial charge in [0.25, 0.3) is 0 Å². The van der Waals surface area contributed by atoms with Gasteiger partial charge in [-0.3, -0.25) is 4.57 Å².